The van der Waals surface area contributed by atoms with E-state index in [1.807, 2.05) is 6.92 Å². The van der Waals surface area contributed by atoms with Crippen molar-refractivity contribution in [2.75, 3.05) is 6.61 Å². The van der Waals surface area contributed by atoms with Gasteiger partial charge in [-0.15, -0.1) is 0 Å². The minimum Gasteiger partial charge on any atom is -0.402 e. The van der Waals surface area contributed by atoms with Gasteiger partial charge in [-0.25, -0.2) is 0 Å². The first-order chi connectivity index (χ1) is 6.06. The van der Waals surface area contributed by atoms with Gasteiger partial charge in [0.05, 0.1) is 0 Å². The molecule has 0 rings (SSSR count). The zero-order chi connectivity index (χ0) is 10.3. The summed E-state index contributed by atoms with van der Waals surface area (Å²) in [6, 6.07) is 0. The minimum atomic E-state index is -1.60. The Balaban J connectivity index is 3.52. The number of carbonyl (C=O) groups excluding carboxylic acids is 1. The first-order valence-corrected chi connectivity index (χ1v) is 4.21. The Kier molecular flexibility index (Phi) is 6.26. The van der Waals surface area contributed by atoms with Crippen molar-refractivity contribution in [1.82, 2.24) is 0 Å². The molecule has 0 aromatic heterocycles. The molecule has 0 heterocycles. The molecule has 0 saturated heterocycles. The van der Waals surface area contributed by atoms with Gasteiger partial charge in [-0.1, -0.05) is 6.92 Å². The molecule has 77 valence electrons. The standard InChI is InChI=1S/C8H15O5/c1-4-5-11-6(2)12-7(3)13-8(9)10/h6-7H,4-5H2,1-3H3. The average molecular weight is 191 g/mol. The Bertz CT molecular complexity index is 147. The van der Waals surface area contributed by atoms with Crippen molar-refractivity contribution in [1.29, 1.82) is 0 Å². The molecular formula is C8H15O5. The summed E-state index contributed by atoms with van der Waals surface area (Å²) in [4.78, 5) is 9.95. The highest BCUT2D eigenvalue weighted by Crippen LogP contribution is 2.02. The van der Waals surface area contributed by atoms with Crippen molar-refractivity contribution in [2.45, 2.75) is 39.8 Å². The van der Waals surface area contributed by atoms with Crippen LogP contribution in [0.15, 0.2) is 0 Å². The summed E-state index contributed by atoms with van der Waals surface area (Å²) in [5, 5.41) is 9.95. The first-order valence-electron chi connectivity index (χ1n) is 4.21. The van der Waals surface area contributed by atoms with Crippen LogP contribution in [0.25, 0.3) is 0 Å². The fourth-order valence-electron chi connectivity index (χ4n) is 0.756. The molecule has 0 spiro atoms. The third kappa shape index (κ3) is 7.55. The van der Waals surface area contributed by atoms with Gasteiger partial charge in [-0.05, 0) is 20.3 Å². The second-order valence-corrected chi connectivity index (χ2v) is 2.51. The van der Waals surface area contributed by atoms with Gasteiger partial charge in [0.2, 0.25) is 6.29 Å². The van der Waals surface area contributed by atoms with Crippen LogP contribution < -0.4 is 0 Å². The first kappa shape index (κ1) is 12.2. The monoisotopic (exact) mass is 191 g/mol. The van der Waals surface area contributed by atoms with Gasteiger partial charge < -0.3 is 14.2 Å². The Hall–Kier alpha value is -0.810. The van der Waals surface area contributed by atoms with E-state index < -0.39 is 18.7 Å². The molecular weight excluding hydrogens is 176 g/mol. The highest BCUT2D eigenvalue weighted by molar-refractivity contribution is 5.56. The lowest BCUT2D eigenvalue weighted by molar-refractivity contribution is -0.218. The molecule has 0 fully saturated rings. The predicted molar refractivity (Wildman–Crippen MR) is 43.4 cm³/mol. The summed E-state index contributed by atoms with van der Waals surface area (Å²) in [7, 11) is 0. The Morgan fingerprint density at radius 2 is 1.92 bits per heavy atom. The maximum atomic E-state index is 9.95. The number of hydrogen-bond donors (Lipinski definition) is 0. The third-order valence-electron chi connectivity index (χ3n) is 1.20. The SMILES string of the molecule is CCCOC(C)OC(C)OC([O])=O. The van der Waals surface area contributed by atoms with Gasteiger partial charge in [0.25, 0.3) is 0 Å². The van der Waals surface area contributed by atoms with Gasteiger partial charge in [-0.2, -0.15) is 9.90 Å². The molecule has 0 aliphatic carbocycles. The molecule has 2 atom stereocenters. The van der Waals surface area contributed by atoms with E-state index in [4.69, 9.17) is 9.47 Å². The molecule has 5 nitrogen and oxygen atoms in total. The molecule has 0 aliphatic rings. The molecule has 0 saturated carbocycles. The fraction of sp³-hybridized carbons (Fsp3) is 0.875. The van der Waals surface area contributed by atoms with E-state index in [1.165, 1.54) is 6.92 Å². The lowest BCUT2D eigenvalue weighted by atomic mass is 10.5. The van der Waals surface area contributed by atoms with Crippen LogP contribution in [0.1, 0.15) is 27.2 Å². The van der Waals surface area contributed by atoms with Crippen LogP contribution >= 0.6 is 0 Å². The smallest absolute Gasteiger partial charge is 0.402 e. The number of hydrogen-bond acceptors (Lipinski definition) is 4. The van der Waals surface area contributed by atoms with E-state index in [0.29, 0.717) is 6.61 Å². The van der Waals surface area contributed by atoms with Gasteiger partial charge in [0.15, 0.2) is 6.29 Å². The fourth-order valence-corrected chi connectivity index (χ4v) is 0.756. The van der Waals surface area contributed by atoms with Crippen LogP contribution in [0.5, 0.6) is 0 Å². The van der Waals surface area contributed by atoms with Crippen LogP contribution in [0.4, 0.5) is 4.79 Å². The van der Waals surface area contributed by atoms with E-state index in [9.17, 15) is 9.90 Å². The highest BCUT2D eigenvalue weighted by Gasteiger charge is 2.12. The summed E-state index contributed by atoms with van der Waals surface area (Å²) < 4.78 is 14.3. The number of ether oxygens (including phenoxy) is 3. The third-order valence-corrected chi connectivity index (χ3v) is 1.20. The van der Waals surface area contributed by atoms with Crippen LogP contribution in [0, 0.1) is 0 Å². The number of carbonyl (C=O) groups is 1. The second-order valence-electron chi connectivity index (χ2n) is 2.51. The molecule has 0 aromatic rings. The number of rotatable bonds is 6. The van der Waals surface area contributed by atoms with E-state index in [-0.39, 0.29) is 0 Å². The summed E-state index contributed by atoms with van der Waals surface area (Å²) in [6.45, 7) is 5.67. The summed E-state index contributed by atoms with van der Waals surface area (Å²) in [5.41, 5.74) is 0. The lowest BCUT2D eigenvalue weighted by Crippen LogP contribution is -2.24. The molecule has 1 radical (unpaired) electrons. The average Bonchev–Trinajstić information content (AvgIpc) is 1.98. The van der Waals surface area contributed by atoms with Crippen molar-refractivity contribution in [2.24, 2.45) is 0 Å². The van der Waals surface area contributed by atoms with E-state index in [0.717, 1.165) is 6.42 Å². The normalized spacial score (nSPS) is 15.0. The zero-order valence-electron chi connectivity index (χ0n) is 8.11. The van der Waals surface area contributed by atoms with Crippen molar-refractivity contribution < 1.29 is 24.1 Å². The summed E-state index contributed by atoms with van der Waals surface area (Å²) in [5.74, 6) is 0. The van der Waals surface area contributed by atoms with Crippen LogP contribution in [0.2, 0.25) is 0 Å². The molecule has 0 N–H and O–H groups in total. The second kappa shape index (κ2) is 6.68. The predicted octanol–water partition coefficient (Wildman–Crippen LogP) is 1.69. The summed E-state index contributed by atoms with van der Waals surface area (Å²) >= 11 is 0. The van der Waals surface area contributed by atoms with E-state index >= 15 is 0 Å². The molecule has 2 unspecified atom stereocenters. The van der Waals surface area contributed by atoms with Crippen LogP contribution in [-0.2, 0) is 19.3 Å². The van der Waals surface area contributed by atoms with Gasteiger partial charge in [0.1, 0.15) is 0 Å². The van der Waals surface area contributed by atoms with Gasteiger partial charge >= 0.3 is 6.16 Å². The molecule has 0 amide bonds. The van der Waals surface area contributed by atoms with Gasteiger partial charge in [-0.3, -0.25) is 0 Å². The highest BCUT2D eigenvalue weighted by atomic mass is 16.8. The van der Waals surface area contributed by atoms with Crippen molar-refractivity contribution in [3.05, 3.63) is 0 Å². The molecule has 0 aliphatic heterocycles. The maximum Gasteiger partial charge on any atom is 0.552 e. The Labute approximate surface area is 77.6 Å². The molecule has 0 aromatic carbocycles. The molecule has 5 heteroatoms. The van der Waals surface area contributed by atoms with Crippen molar-refractivity contribution in [3.63, 3.8) is 0 Å². The Morgan fingerprint density at radius 1 is 1.31 bits per heavy atom. The topological polar surface area (TPSA) is 64.7 Å². The largest absolute Gasteiger partial charge is 0.552 e. The van der Waals surface area contributed by atoms with Crippen LogP contribution in [0.3, 0.4) is 0 Å². The molecule has 0 bridgehead atoms. The van der Waals surface area contributed by atoms with Crippen molar-refractivity contribution in [3.8, 4) is 0 Å². The lowest BCUT2D eigenvalue weighted by Gasteiger charge is -2.17. The quantitative estimate of drug-likeness (QED) is 0.473. The Morgan fingerprint density at radius 3 is 2.38 bits per heavy atom. The van der Waals surface area contributed by atoms with Crippen molar-refractivity contribution >= 4 is 6.16 Å². The van der Waals surface area contributed by atoms with E-state index in [1.54, 1.807) is 6.92 Å². The minimum absolute atomic E-state index is 0.478. The summed E-state index contributed by atoms with van der Waals surface area (Å²) in [6.07, 6.45) is -2.06. The zero-order valence-corrected chi connectivity index (χ0v) is 8.11. The maximum absolute atomic E-state index is 9.95. The molecule has 13 heavy (non-hydrogen) atoms. The van der Waals surface area contributed by atoms with Crippen LogP contribution in [-0.4, -0.2) is 25.3 Å². The van der Waals surface area contributed by atoms with Gasteiger partial charge in [0, 0.05) is 6.61 Å². The van der Waals surface area contributed by atoms with E-state index in [2.05, 4.69) is 4.74 Å².